The number of hydrogen-bond acceptors (Lipinski definition) is 4. The second-order valence-corrected chi connectivity index (χ2v) is 6.85. The molecule has 1 N–H and O–H groups in total. The van der Waals surface area contributed by atoms with E-state index in [0.29, 0.717) is 22.5 Å². The molecule has 1 aliphatic rings. The summed E-state index contributed by atoms with van der Waals surface area (Å²) in [6.45, 7) is 4.01. The lowest BCUT2D eigenvalue weighted by atomic mass is 10.1. The fourth-order valence-corrected chi connectivity index (χ4v) is 3.07. The van der Waals surface area contributed by atoms with Crippen molar-refractivity contribution in [3.8, 4) is 17.2 Å². The van der Waals surface area contributed by atoms with Crippen LogP contribution in [0.25, 0.3) is 0 Å². The van der Waals surface area contributed by atoms with Gasteiger partial charge in [0.15, 0.2) is 18.2 Å². The van der Waals surface area contributed by atoms with E-state index in [9.17, 15) is 9.18 Å². The fraction of sp³-hybridized carbons (Fsp3) is 0.316. The molecule has 0 aliphatic carbocycles. The molecule has 3 rings (SSSR count). The molecule has 0 radical (unpaired) electrons. The Labute approximate surface area is 159 Å². The smallest absolute Gasteiger partial charge is 0.262 e. The van der Waals surface area contributed by atoms with Gasteiger partial charge in [0, 0.05) is 22.5 Å². The topological polar surface area (TPSA) is 56.8 Å². The van der Waals surface area contributed by atoms with Gasteiger partial charge in [-0.25, -0.2) is 4.39 Å². The number of ether oxygens (including phenoxy) is 3. The summed E-state index contributed by atoms with van der Waals surface area (Å²) in [6.07, 6.45) is 0.893. The number of nitrogens with one attached hydrogen (secondary N) is 1. The lowest BCUT2D eigenvalue weighted by Crippen LogP contribution is -2.21. The zero-order valence-corrected chi connectivity index (χ0v) is 16.1. The first kappa shape index (κ1) is 18.5. The van der Waals surface area contributed by atoms with Gasteiger partial charge in [0.05, 0.1) is 12.3 Å². The van der Waals surface area contributed by atoms with E-state index < -0.39 is 11.7 Å². The summed E-state index contributed by atoms with van der Waals surface area (Å²) >= 11 is 3.17. The van der Waals surface area contributed by atoms with Gasteiger partial charge in [-0.2, -0.15) is 0 Å². The Morgan fingerprint density at radius 3 is 2.85 bits per heavy atom. The summed E-state index contributed by atoms with van der Waals surface area (Å²) in [4.78, 5) is 12.2. The Balaban J connectivity index is 1.69. The van der Waals surface area contributed by atoms with E-state index in [4.69, 9.17) is 14.2 Å². The maximum absolute atomic E-state index is 13.8. The molecule has 0 fully saturated rings. The van der Waals surface area contributed by atoms with Gasteiger partial charge < -0.3 is 19.5 Å². The van der Waals surface area contributed by atoms with Crippen molar-refractivity contribution in [1.29, 1.82) is 0 Å². The molecular weight excluding hydrogens is 405 g/mol. The number of carbonyl (C=O) groups is 1. The van der Waals surface area contributed by atoms with Gasteiger partial charge >= 0.3 is 0 Å². The normalized spacial score (nSPS) is 15.2. The second-order valence-electron chi connectivity index (χ2n) is 5.93. The predicted molar refractivity (Wildman–Crippen MR) is 99.6 cm³/mol. The van der Waals surface area contributed by atoms with E-state index in [-0.39, 0.29) is 18.5 Å². The van der Waals surface area contributed by atoms with Crippen LogP contribution in [0.5, 0.6) is 17.2 Å². The highest BCUT2D eigenvalue weighted by Crippen LogP contribution is 2.38. The molecule has 0 unspecified atom stereocenters. The van der Waals surface area contributed by atoms with Gasteiger partial charge in [-0.15, -0.1) is 0 Å². The van der Waals surface area contributed by atoms with E-state index >= 15 is 0 Å². The van der Waals surface area contributed by atoms with Crippen LogP contribution >= 0.6 is 15.9 Å². The van der Waals surface area contributed by atoms with E-state index in [2.05, 4.69) is 21.2 Å². The summed E-state index contributed by atoms with van der Waals surface area (Å²) < 4.78 is 31.0. The standard InChI is InChI=1S/C19H19BrFNO4/c1-3-24-18-7-12-6-11(2)26-17(12)9-15(18)22-19(23)10-25-16-5-4-13(20)8-14(16)21/h4-5,7-9,11H,3,6,10H2,1-2H3,(H,22,23)/t11-/m1/s1. The number of hydrogen-bond donors (Lipinski definition) is 1. The summed E-state index contributed by atoms with van der Waals surface area (Å²) in [5.41, 5.74) is 1.55. The predicted octanol–water partition coefficient (Wildman–Crippen LogP) is 4.33. The Morgan fingerprint density at radius 2 is 2.12 bits per heavy atom. The molecule has 1 amide bonds. The highest BCUT2D eigenvalue weighted by Gasteiger charge is 2.22. The average molecular weight is 424 g/mol. The first-order valence-corrected chi connectivity index (χ1v) is 9.09. The molecule has 0 bridgehead atoms. The third-order valence-electron chi connectivity index (χ3n) is 3.82. The van der Waals surface area contributed by atoms with Crippen molar-refractivity contribution in [3.05, 3.63) is 46.2 Å². The van der Waals surface area contributed by atoms with Gasteiger partial charge in [0.25, 0.3) is 5.91 Å². The molecule has 0 spiro atoms. The Kier molecular flexibility index (Phi) is 5.66. The van der Waals surface area contributed by atoms with Crippen LogP contribution in [0.2, 0.25) is 0 Å². The molecule has 1 aliphatic heterocycles. The number of halogens is 2. The summed E-state index contributed by atoms with van der Waals surface area (Å²) in [7, 11) is 0. The summed E-state index contributed by atoms with van der Waals surface area (Å²) in [5, 5.41) is 2.74. The lowest BCUT2D eigenvalue weighted by Gasteiger charge is -2.14. The Hall–Kier alpha value is -2.28. The number of anilines is 1. The quantitative estimate of drug-likeness (QED) is 0.750. The van der Waals surface area contributed by atoms with E-state index in [1.54, 1.807) is 12.1 Å². The maximum Gasteiger partial charge on any atom is 0.262 e. The van der Waals surface area contributed by atoms with E-state index in [1.807, 2.05) is 19.9 Å². The van der Waals surface area contributed by atoms with Crippen LogP contribution in [0.4, 0.5) is 10.1 Å². The monoisotopic (exact) mass is 423 g/mol. The number of benzene rings is 2. The van der Waals surface area contributed by atoms with Gasteiger partial charge in [-0.1, -0.05) is 15.9 Å². The molecule has 138 valence electrons. The van der Waals surface area contributed by atoms with Crippen molar-refractivity contribution in [3.63, 3.8) is 0 Å². The van der Waals surface area contributed by atoms with Gasteiger partial charge in [0.1, 0.15) is 17.6 Å². The SMILES string of the molecule is CCOc1cc2c(cc1NC(=O)COc1ccc(Br)cc1F)O[C@H](C)C2. The minimum absolute atomic E-state index is 0.0134. The van der Waals surface area contributed by atoms with Crippen molar-refractivity contribution in [2.45, 2.75) is 26.4 Å². The fourth-order valence-electron chi connectivity index (χ4n) is 2.73. The molecule has 1 heterocycles. The zero-order valence-electron chi connectivity index (χ0n) is 14.5. The molecule has 5 nitrogen and oxygen atoms in total. The van der Waals surface area contributed by atoms with Gasteiger partial charge in [-0.05, 0) is 38.1 Å². The maximum atomic E-state index is 13.8. The third-order valence-corrected chi connectivity index (χ3v) is 4.32. The molecule has 26 heavy (non-hydrogen) atoms. The number of carbonyl (C=O) groups excluding carboxylic acids is 1. The first-order chi connectivity index (χ1) is 12.5. The van der Waals surface area contributed by atoms with Crippen LogP contribution in [0.1, 0.15) is 19.4 Å². The minimum atomic E-state index is -0.540. The minimum Gasteiger partial charge on any atom is -0.492 e. The van der Waals surface area contributed by atoms with Crippen molar-refractivity contribution in [2.24, 2.45) is 0 Å². The van der Waals surface area contributed by atoms with Crippen molar-refractivity contribution in [1.82, 2.24) is 0 Å². The highest BCUT2D eigenvalue weighted by atomic mass is 79.9. The van der Waals surface area contributed by atoms with Crippen LogP contribution in [0.15, 0.2) is 34.8 Å². The molecular formula is C19H19BrFNO4. The lowest BCUT2D eigenvalue weighted by molar-refractivity contribution is -0.118. The average Bonchev–Trinajstić information content (AvgIpc) is 2.93. The van der Waals surface area contributed by atoms with Gasteiger partial charge in [0.2, 0.25) is 0 Å². The van der Waals surface area contributed by atoms with Crippen LogP contribution in [0, 0.1) is 5.82 Å². The third kappa shape index (κ3) is 4.27. The molecule has 0 saturated carbocycles. The number of fused-ring (bicyclic) bond motifs is 1. The highest BCUT2D eigenvalue weighted by molar-refractivity contribution is 9.10. The van der Waals surface area contributed by atoms with Crippen molar-refractivity contribution in [2.75, 3.05) is 18.5 Å². The van der Waals surface area contributed by atoms with E-state index in [1.165, 1.54) is 12.1 Å². The molecule has 1 atom stereocenters. The molecule has 0 saturated heterocycles. The second kappa shape index (κ2) is 7.95. The molecule has 0 aromatic heterocycles. The summed E-state index contributed by atoms with van der Waals surface area (Å²) in [6, 6.07) is 8.01. The van der Waals surface area contributed by atoms with Crippen LogP contribution in [-0.2, 0) is 11.2 Å². The van der Waals surface area contributed by atoms with Gasteiger partial charge in [-0.3, -0.25) is 4.79 Å². The molecule has 2 aromatic rings. The largest absolute Gasteiger partial charge is 0.492 e. The van der Waals surface area contributed by atoms with Crippen LogP contribution in [-0.4, -0.2) is 25.2 Å². The Morgan fingerprint density at radius 1 is 1.31 bits per heavy atom. The Bertz CT molecular complexity index is 827. The number of amides is 1. The van der Waals surface area contributed by atoms with Crippen molar-refractivity contribution < 1.29 is 23.4 Å². The van der Waals surface area contributed by atoms with Crippen LogP contribution < -0.4 is 19.5 Å². The van der Waals surface area contributed by atoms with E-state index in [0.717, 1.165) is 17.7 Å². The zero-order chi connectivity index (χ0) is 18.7. The van der Waals surface area contributed by atoms with Crippen LogP contribution in [0.3, 0.4) is 0 Å². The molecule has 7 heteroatoms. The van der Waals surface area contributed by atoms with Crippen molar-refractivity contribution >= 4 is 27.5 Å². The summed E-state index contributed by atoms with van der Waals surface area (Å²) in [5.74, 6) is 0.365. The number of rotatable bonds is 6. The molecule has 2 aromatic carbocycles. The first-order valence-electron chi connectivity index (χ1n) is 8.30.